The highest BCUT2D eigenvalue weighted by Gasteiger charge is 2.61. The monoisotopic (exact) mass is 874 g/mol. The summed E-state index contributed by atoms with van der Waals surface area (Å²) >= 11 is 1.69. The maximum Gasteiger partial charge on any atom is 0.369 e. The number of benzene rings is 4. The van der Waals surface area contributed by atoms with Crippen molar-refractivity contribution < 1.29 is 33.4 Å². The molecule has 0 spiro atoms. The molecule has 0 saturated carbocycles. The van der Waals surface area contributed by atoms with E-state index in [-0.39, 0.29) is 89.6 Å². The van der Waals surface area contributed by atoms with Crippen molar-refractivity contribution >= 4 is 79.0 Å². The van der Waals surface area contributed by atoms with Gasteiger partial charge in [0.1, 0.15) is 70.6 Å². The van der Waals surface area contributed by atoms with Crippen LogP contribution in [-0.2, 0) is 37.9 Å². The number of nitriles is 4. The van der Waals surface area contributed by atoms with Crippen LogP contribution in [0.2, 0.25) is 0 Å². The maximum absolute atomic E-state index is 14.7. The maximum atomic E-state index is 14.7. The normalized spacial score (nSPS) is 15.1. The number of nitrogens with zero attached hydrogens (tertiary/aromatic N) is 8. The molecule has 0 saturated heterocycles. The van der Waals surface area contributed by atoms with Gasteiger partial charge < -0.3 is 14.2 Å². The molecule has 3 aliphatic rings. The molecule has 2 aliphatic carbocycles. The minimum Gasteiger partial charge on any atom is -0.457 e. The molecular weight excluding hydrogens is 853 g/mol. The molecule has 2 aromatic heterocycles. The van der Waals surface area contributed by atoms with E-state index in [1.54, 1.807) is 97.1 Å². The summed E-state index contributed by atoms with van der Waals surface area (Å²) in [7, 11) is 0. The van der Waals surface area contributed by atoms with Gasteiger partial charge in [0.05, 0.1) is 4.88 Å². The van der Waals surface area contributed by atoms with Gasteiger partial charge in [0.2, 0.25) is 27.7 Å². The quantitative estimate of drug-likeness (QED) is 0.0804. The molecule has 6 aromatic rings. The summed E-state index contributed by atoms with van der Waals surface area (Å²) in [5.74, 6) is -3.99. The molecule has 15 nitrogen and oxygen atoms in total. The van der Waals surface area contributed by atoms with E-state index in [1.165, 1.54) is 12.1 Å². The molecule has 0 unspecified atom stereocenters. The van der Waals surface area contributed by atoms with Crippen molar-refractivity contribution in [2.45, 2.75) is 18.8 Å². The highest BCUT2D eigenvalue weighted by molar-refractivity contribution is 7.25. The van der Waals surface area contributed by atoms with E-state index in [4.69, 9.17) is 14.2 Å². The van der Waals surface area contributed by atoms with Gasteiger partial charge in [-0.15, -0.1) is 0 Å². The van der Waals surface area contributed by atoms with Crippen molar-refractivity contribution in [1.29, 1.82) is 21.0 Å². The Hall–Kier alpha value is -9.00. The third-order valence-corrected chi connectivity index (χ3v) is 12.2. The molecule has 3 heterocycles. The van der Waals surface area contributed by atoms with E-state index in [9.17, 15) is 40.2 Å². The Morgan fingerprint density at radius 2 is 0.984 bits per heavy atom. The second-order valence-electron chi connectivity index (χ2n) is 13.8. The van der Waals surface area contributed by atoms with Gasteiger partial charge in [-0.3, -0.25) is 9.59 Å². The molecule has 0 atom stereocenters. The Kier molecular flexibility index (Phi) is 10.4. The lowest BCUT2D eigenvalue weighted by Crippen LogP contribution is -2.52. The van der Waals surface area contributed by atoms with Crippen LogP contribution in [0.1, 0.15) is 48.7 Å². The second-order valence-corrected chi connectivity index (χ2v) is 15.8. The Bertz CT molecular complexity index is 3250. The number of Topliss-reactive ketones (excluding diaryl/α,β-unsaturated/α-hetero) is 2. The van der Waals surface area contributed by atoms with Gasteiger partial charge in [0.15, 0.2) is 0 Å². The van der Waals surface area contributed by atoms with E-state index >= 15 is 0 Å². The topological polar surface area (TPSA) is 242 Å². The SMILES string of the molecule is N#CC(C#N)=C1/C(=N/c2nc3c(s2)-c2sc(/N=C4\C(=O)c5ccccc5C4=C(C#N)C#N)nc2C(C(=O)OCc2ccccc2)(C(=O)OCc2ccccc2)O3)C(=O)c2ccccc21. The van der Waals surface area contributed by atoms with Crippen LogP contribution in [-0.4, -0.2) is 44.9 Å². The van der Waals surface area contributed by atoms with Gasteiger partial charge in [0.25, 0.3) is 0 Å². The third kappa shape index (κ3) is 6.72. The minimum atomic E-state index is -2.82. The molecule has 0 radical (unpaired) electrons. The molecule has 0 fully saturated rings. The van der Waals surface area contributed by atoms with Crippen molar-refractivity contribution in [2.75, 3.05) is 0 Å². The summed E-state index contributed by atoms with van der Waals surface area (Å²) in [5.41, 5.74) is -2.28. The first-order valence-electron chi connectivity index (χ1n) is 18.9. The number of allylic oxidation sites excluding steroid dienone is 4. The fourth-order valence-electron chi connectivity index (χ4n) is 7.23. The number of aliphatic imine (C=N–C) groups is 2. The summed E-state index contributed by atoms with van der Waals surface area (Å²) in [6.07, 6.45) is 0. The van der Waals surface area contributed by atoms with Crippen LogP contribution in [0.5, 0.6) is 5.88 Å². The number of hydrogen-bond donors (Lipinski definition) is 0. The Morgan fingerprint density at radius 3 is 1.44 bits per heavy atom. The van der Waals surface area contributed by atoms with E-state index in [0.29, 0.717) is 22.3 Å². The predicted molar refractivity (Wildman–Crippen MR) is 230 cm³/mol. The number of hydrogen-bond acceptors (Lipinski definition) is 17. The largest absolute Gasteiger partial charge is 0.457 e. The van der Waals surface area contributed by atoms with Gasteiger partial charge in [-0.25, -0.2) is 24.6 Å². The molecular formula is C47H22N8O7S2. The molecule has 17 heteroatoms. The predicted octanol–water partition coefficient (Wildman–Crippen LogP) is 7.88. The summed E-state index contributed by atoms with van der Waals surface area (Å²) in [6, 6.07) is 37.4. The summed E-state index contributed by atoms with van der Waals surface area (Å²) < 4.78 is 17.9. The molecule has 4 aromatic carbocycles. The number of carbonyl (C=O) groups is 4. The zero-order valence-electron chi connectivity index (χ0n) is 32.6. The van der Waals surface area contributed by atoms with Crippen LogP contribution in [0.15, 0.2) is 130 Å². The van der Waals surface area contributed by atoms with Crippen LogP contribution in [0.4, 0.5) is 10.3 Å². The van der Waals surface area contributed by atoms with Crippen LogP contribution in [0.3, 0.4) is 0 Å². The summed E-state index contributed by atoms with van der Waals surface area (Å²) in [4.78, 5) is 75.7. The van der Waals surface area contributed by atoms with Crippen molar-refractivity contribution in [3.05, 3.63) is 159 Å². The van der Waals surface area contributed by atoms with Gasteiger partial charge in [-0.2, -0.15) is 26.0 Å². The number of aromatic nitrogens is 2. The fraction of sp³-hybridized carbons (Fsp3) is 0.0638. The Labute approximate surface area is 370 Å². The highest BCUT2D eigenvalue weighted by atomic mass is 32.1. The first kappa shape index (κ1) is 40.4. The third-order valence-electron chi connectivity index (χ3n) is 10.1. The van der Waals surface area contributed by atoms with Crippen molar-refractivity contribution in [1.82, 2.24) is 9.97 Å². The van der Waals surface area contributed by atoms with Crippen LogP contribution in [0.25, 0.3) is 20.9 Å². The highest BCUT2D eigenvalue weighted by Crippen LogP contribution is 2.54. The van der Waals surface area contributed by atoms with Crippen LogP contribution in [0, 0.1) is 45.3 Å². The lowest BCUT2D eigenvalue weighted by molar-refractivity contribution is -0.184. The second kappa shape index (κ2) is 16.5. The lowest BCUT2D eigenvalue weighted by Gasteiger charge is -2.31. The molecule has 9 rings (SSSR count). The van der Waals surface area contributed by atoms with Gasteiger partial charge in [0, 0.05) is 22.3 Å². The number of carbonyl (C=O) groups excluding carboxylic acids is 4. The number of ketones is 2. The van der Waals surface area contributed by atoms with Crippen LogP contribution < -0.4 is 4.74 Å². The van der Waals surface area contributed by atoms with E-state index in [0.717, 1.165) is 22.7 Å². The number of ether oxygens (including phenoxy) is 3. The molecule has 0 bridgehead atoms. The van der Waals surface area contributed by atoms with Crippen molar-refractivity contribution in [2.24, 2.45) is 9.98 Å². The fourth-order valence-corrected chi connectivity index (χ4v) is 9.21. The first-order chi connectivity index (χ1) is 31.2. The first-order valence-corrected chi connectivity index (χ1v) is 20.5. The molecule has 64 heavy (non-hydrogen) atoms. The molecule has 1 aliphatic heterocycles. The van der Waals surface area contributed by atoms with Crippen LogP contribution >= 0.6 is 22.7 Å². The zero-order chi connectivity index (χ0) is 44.5. The number of fused-ring (bicyclic) bond motifs is 5. The summed E-state index contributed by atoms with van der Waals surface area (Å²) in [5, 5.41) is 39.3. The molecule has 0 amide bonds. The van der Waals surface area contributed by atoms with Gasteiger partial charge in [-0.1, -0.05) is 132 Å². The number of esters is 2. The molecule has 0 N–H and O–H groups in total. The van der Waals surface area contributed by atoms with E-state index in [2.05, 4.69) is 20.0 Å². The van der Waals surface area contributed by atoms with Gasteiger partial charge >= 0.3 is 17.5 Å². The Balaban J connectivity index is 1.24. The van der Waals surface area contributed by atoms with E-state index < -0.39 is 29.1 Å². The Morgan fingerprint density at radius 1 is 0.578 bits per heavy atom. The summed E-state index contributed by atoms with van der Waals surface area (Å²) in [6.45, 7) is -0.615. The average Bonchev–Trinajstić information content (AvgIpc) is 4.08. The van der Waals surface area contributed by atoms with E-state index in [1.807, 2.05) is 24.3 Å². The zero-order valence-corrected chi connectivity index (χ0v) is 34.2. The number of rotatable bonds is 8. The average molecular weight is 875 g/mol. The van der Waals surface area contributed by atoms with Gasteiger partial charge in [-0.05, 0) is 22.3 Å². The molecule has 304 valence electrons. The van der Waals surface area contributed by atoms with Crippen molar-refractivity contribution in [3.8, 4) is 39.9 Å². The smallest absolute Gasteiger partial charge is 0.369 e. The lowest BCUT2D eigenvalue weighted by atomic mass is 9.95. The minimum absolute atomic E-state index is 0.000185. The number of thiazole rings is 2. The standard InChI is InChI=1S/C47H22N8O7S2/c48-19-27(20-49)33-29-15-7-9-17-31(29)37(56)35(33)52-45-54-41-39(63-45)40-42(55-46(64-40)53-36-34(28(21-50)22-51)30-16-8-10-18-32(30)38(36)57)62-47(41,43(58)60-23-25-11-3-1-4-12-25)44(59)61-24-26-13-5-2-6-14-26/h1-18H,23-24H2/b52-35-,53-36-. The van der Waals surface area contributed by atoms with Crippen molar-refractivity contribution in [3.63, 3.8) is 0 Å².